The highest BCUT2D eigenvalue weighted by molar-refractivity contribution is 7.80. The molecule has 5 heteroatoms. The molecular formula is C16H16ClN3S. The Bertz CT molecular complexity index is 644. The number of anilines is 1. The minimum Gasteiger partial charge on any atom is -0.342 e. The lowest BCUT2D eigenvalue weighted by Gasteiger charge is -2.25. The fraction of sp³-hybridized carbons (Fsp3) is 0.188. The van der Waals surface area contributed by atoms with Crippen LogP contribution in [0.15, 0.2) is 54.6 Å². The molecule has 0 unspecified atom stereocenters. The molecule has 0 bridgehead atoms. The van der Waals surface area contributed by atoms with Crippen LogP contribution in [0.5, 0.6) is 0 Å². The molecule has 2 aromatic rings. The Morgan fingerprint density at radius 1 is 1.10 bits per heavy atom. The standard InChI is InChI=1S/C16H16ClN3S/c1-16(11-12-5-3-2-4-6-12)18-15(21)20(19-16)14-9-7-13(17)8-10-14/h2-10,19H,11H2,1H3,(H,18,21)/t16-/m1/s1. The van der Waals surface area contributed by atoms with Crippen molar-refractivity contribution in [1.82, 2.24) is 10.7 Å². The van der Waals surface area contributed by atoms with E-state index in [0.717, 1.165) is 12.1 Å². The van der Waals surface area contributed by atoms with Crippen LogP contribution in [0.4, 0.5) is 5.69 Å². The van der Waals surface area contributed by atoms with Crippen molar-refractivity contribution >= 4 is 34.6 Å². The van der Waals surface area contributed by atoms with E-state index < -0.39 is 0 Å². The first-order valence-electron chi connectivity index (χ1n) is 6.75. The van der Waals surface area contributed by atoms with Crippen LogP contribution in [0, 0.1) is 0 Å². The highest BCUT2D eigenvalue weighted by atomic mass is 35.5. The minimum absolute atomic E-state index is 0.307. The smallest absolute Gasteiger partial charge is 0.189 e. The van der Waals surface area contributed by atoms with E-state index in [1.165, 1.54) is 5.56 Å². The fourth-order valence-electron chi connectivity index (χ4n) is 2.48. The number of hydrazine groups is 1. The van der Waals surface area contributed by atoms with E-state index in [-0.39, 0.29) is 5.66 Å². The Hall–Kier alpha value is -1.62. The molecule has 0 aliphatic carbocycles. The number of rotatable bonds is 3. The summed E-state index contributed by atoms with van der Waals surface area (Å²) in [5.41, 5.74) is 5.35. The number of thiocarbonyl (C=S) groups is 1. The Morgan fingerprint density at radius 3 is 2.43 bits per heavy atom. The van der Waals surface area contributed by atoms with Crippen LogP contribution in [0.25, 0.3) is 0 Å². The number of halogens is 1. The summed E-state index contributed by atoms with van der Waals surface area (Å²) in [4.78, 5) is 0. The van der Waals surface area contributed by atoms with Gasteiger partial charge in [-0.3, -0.25) is 5.01 Å². The maximum absolute atomic E-state index is 5.93. The second kappa shape index (κ2) is 5.64. The molecule has 1 atom stereocenters. The molecule has 1 fully saturated rings. The maximum atomic E-state index is 5.93. The summed E-state index contributed by atoms with van der Waals surface area (Å²) in [6, 6.07) is 17.9. The Balaban J connectivity index is 1.79. The highest BCUT2D eigenvalue weighted by Crippen LogP contribution is 2.23. The van der Waals surface area contributed by atoms with E-state index in [1.807, 2.05) is 47.5 Å². The number of nitrogens with zero attached hydrogens (tertiary/aromatic N) is 1. The van der Waals surface area contributed by atoms with Gasteiger partial charge < -0.3 is 5.32 Å². The van der Waals surface area contributed by atoms with E-state index in [9.17, 15) is 0 Å². The number of hydrogen-bond acceptors (Lipinski definition) is 2. The summed E-state index contributed by atoms with van der Waals surface area (Å²) >= 11 is 11.4. The lowest BCUT2D eigenvalue weighted by atomic mass is 10.0. The minimum atomic E-state index is -0.307. The molecular weight excluding hydrogens is 302 g/mol. The quantitative estimate of drug-likeness (QED) is 0.847. The van der Waals surface area contributed by atoms with Crippen LogP contribution in [0.1, 0.15) is 12.5 Å². The first kappa shape index (κ1) is 14.3. The van der Waals surface area contributed by atoms with Crippen molar-refractivity contribution in [3.63, 3.8) is 0 Å². The normalized spacial score (nSPS) is 21.4. The predicted octanol–water partition coefficient (Wildman–Crippen LogP) is 3.50. The molecule has 108 valence electrons. The first-order chi connectivity index (χ1) is 10.1. The van der Waals surface area contributed by atoms with Crippen LogP contribution < -0.4 is 15.8 Å². The third-order valence-corrected chi connectivity index (χ3v) is 3.97. The van der Waals surface area contributed by atoms with E-state index in [4.69, 9.17) is 23.8 Å². The van der Waals surface area contributed by atoms with Gasteiger partial charge in [0.05, 0.1) is 5.69 Å². The van der Waals surface area contributed by atoms with Gasteiger partial charge in [0.1, 0.15) is 5.66 Å². The van der Waals surface area contributed by atoms with Crippen LogP contribution in [-0.4, -0.2) is 10.8 Å². The third kappa shape index (κ3) is 3.18. The van der Waals surface area contributed by atoms with Crippen LogP contribution >= 0.6 is 23.8 Å². The highest BCUT2D eigenvalue weighted by Gasteiger charge is 2.36. The van der Waals surface area contributed by atoms with E-state index in [2.05, 4.69) is 29.8 Å². The molecule has 3 nitrogen and oxygen atoms in total. The van der Waals surface area contributed by atoms with Crippen molar-refractivity contribution < 1.29 is 0 Å². The summed E-state index contributed by atoms with van der Waals surface area (Å²) in [7, 11) is 0. The molecule has 1 saturated heterocycles. The predicted molar refractivity (Wildman–Crippen MR) is 91.4 cm³/mol. The van der Waals surface area contributed by atoms with Gasteiger partial charge in [-0.05, 0) is 49.0 Å². The Labute approximate surface area is 134 Å². The lowest BCUT2D eigenvalue weighted by Crippen LogP contribution is -2.50. The zero-order valence-corrected chi connectivity index (χ0v) is 13.2. The lowest BCUT2D eigenvalue weighted by molar-refractivity contribution is 0.372. The summed E-state index contributed by atoms with van der Waals surface area (Å²) in [5, 5.41) is 6.61. The van der Waals surface area contributed by atoms with Gasteiger partial charge >= 0.3 is 0 Å². The number of hydrogen-bond donors (Lipinski definition) is 2. The Kier molecular flexibility index (Phi) is 3.85. The molecule has 2 N–H and O–H groups in total. The van der Waals surface area contributed by atoms with Crippen molar-refractivity contribution in [1.29, 1.82) is 0 Å². The molecule has 2 aromatic carbocycles. The van der Waals surface area contributed by atoms with Gasteiger partial charge in [-0.15, -0.1) is 0 Å². The van der Waals surface area contributed by atoms with Crippen molar-refractivity contribution in [2.75, 3.05) is 5.01 Å². The second-order valence-electron chi connectivity index (χ2n) is 5.35. The average molecular weight is 318 g/mol. The van der Waals surface area contributed by atoms with Crippen molar-refractivity contribution in [3.8, 4) is 0 Å². The second-order valence-corrected chi connectivity index (χ2v) is 6.17. The molecule has 0 radical (unpaired) electrons. The summed E-state index contributed by atoms with van der Waals surface area (Å²) in [5.74, 6) is 0. The Morgan fingerprint density at radius 2 is 1.76 bits per heavy atom. The van der Waals surface area contributed by atoms with Gasteiger partial charge in [0.15, 0.2) is 5.11 Å². The topological polar surface area (TPSA) is 27.3 Å². The zero-order chi connectivity index (χ0) is 14.9. The third-order valence-electron chi connectivity index (χ3n) is 3.43. The molecule has 0 saturated carbocycles. The molecule has 0 amide bonds. The average Bonchev–Trinajstić information content (AvgIpc) is 2.76. The van der Waals surface area contributed by atoms with Gasteiger partial charge in [-0.25, -0.2) is 5.43 Å². The number of benzene rings is 2. The summed E-state index contributed by atoms with van der Waals surface area (Å²) < 4.78 is 0. The van der Waals surface area contributed by atoms with Gasteiger partial charge in [0.25, 0.3) is 0 Å². The molecule has 0 spiro atoms. The van der Waals surface area contributed by atoms with Gasteiger partial charge in [0.2, 0.25) is 0 Å². The van der Waals surface area contributed by atoms with Crippen molar-refractivity contribution in [2.24, 2.45) is 0 Å². The van der Waals surface area contributed by atoms with Gasteiger partial charge in [-0.2, -0.15) is 0 Å². The summed E-state index contributed by atoms with van der Waals surface area (Å²) in [6.07, 6.45) is 0.831. The fourth-order valence-corrected chi connectivity index (χ4v) is 2.98. The molecule has 3 rings (SSSR count). The van der Waals surface area contributed by atoms with Crippen LogP contribution in [0.3, 0.4) is 0 Å². The first-order valence-corrected chi connectivity index (χ1v) is 7.54. The van der Waals surface area contributed by atoms with E-state index >= 15 is 0 Å². The number of nitrogens with one attached hydrogen (secondary N) is 2. The van der Waals surface area contributed by atoms with Crippen LogP contribution in [0.2, 0.25) is 5.02 Å². The zero-order valence-electron chi connectivity index (χ0n) is 11.6. The SMILES string of the molecule is C[C@@]1(Cc2ccccc2)NC(=S)N(c2ccc(Cl)cc2)N1. The molecule has 21 heavy (non-hydrogen) atoms. The maximum Gasteiger partial charge on any atom is 0.189 e. The van der Waals surface area contributed by atoms with Gasteiger partial charge in [-0.1, -0.05) is 41.9 Å². The van der Waals surface area contributed by atoms with Crippen molar-refractivity contribution in [3.05, 3.63) is 65.2 Å². The van der Waals surface area contributed by atoms with E-state index in [1.54, 1.807) is 0 Å². The summed E-state index contributed by atoms with van der Waals surface area (Å²) in [6.45, 7) is 2.10. The molecule has 1 heterocycles. The largest absolute Gasteiger partial charge is 0.342 e. The van der Waals surface area contributed by atoms with Crippen molar-refractivity contribution in [2.45, 2.75) is 19.0 Å². The van der Waals surface area contributed by atoms with Gasteiger partial charge in [0, 0.05) is 11.4 Å². The molecule has 0 aromatic heterocycles. The van der Waals surface area contributed by atoms with Crippen LogP contribution in [-0.2, 0) is 6.42 Å². The molecule has 1 aliphatic rings. The monoisotopic (exact) mass is 317 g/mol. The molecule has 1 aliphatic heterocycles. The van der Waals surface area contributed by atoms with E-state index in [0.29, 0.717) is 10.1 Å².